The Hall–Kier alpha value is -2.73. The van der Waals surface area contributed by atoms with Crippen molar-refractivity contribution in [1.82, 2.24) is 5.32 Å². The Morgan fingerprint density at radius 3 is 2.32 bits per heavy atom. The lowest BCUT2D eigenvalue weighted by Gasteiger charge is -2.16. The summed E-state index contributed by atoms with van der Waals surface area (Å²) in [5.74, 6) is -0.370. The van der Waals surface area contributed by atoms with Crippen LogP contribution in [0.4, 0.5) is 5.69 Å². The second-order valence-corrected chi connectivity index (χ2v) is 4.85. The van der Waals surface area contributed by atoms with Gasteiger partial charge in [-0.25, -0.2) is 0 Å². The van der Waals surface area contributed by atoms with Gasteiger partial charge >= 0.3 is 0 Å². The number of nitrogens with zero attached hydrogens (tertiary/aromatic N) is 1. The molecule has 6 nitrogen and oxygen atoms in total. The van der Waals surface area contributed by atoms with Gasteiger partial charge in [0.15, 0.2) is 0 Å². The van der Waals surface area contributed by atoms with Gasteiger partial charge in [-0.3, -0.25) is 14.9 Å². The van der Waals surface area contributed by atoms with E-state index in [-0.39, 0.29) is 18.2 Å². The maximum absolute atomic E-state index is 12.1. The second-order valence-electron chi connectivity index (χ2n) is 4.85. The zero-order valence-electron chi connectivity index (χ0n) is 11.8. The lowest BCUT2D eigenvalue weighted by atomic mass is 10.1. The first-order valence-electron chi connectivity index (χ1n) is 6.80. The van der Waals surface area contributed by atoms with Gasteiger partial charge in [-0.05, 0) is 24.1 Å². The fourth-order valence-electron chi connectivity index (χ4n) is 2.06. The molecule has 0 aliphatic rings. The SMILES string of the molecule is O=C(NC(CO)Cc1ccccc1)c1ccc([N+](=O)[O-])cc1. The largest absolute Gasteiger partial charge is 0.394 e. The number of non-ortho nitro benzene ring substituents is 1. The lowest BCUT2D eigenvalue weighted by Crippen LogP contribution is -2.39. The standard InChI is InChI=1S/C16H16N2O4/c19-11-14(10-12-4-2-1-3-5-12)17-16(20)13-6-8-15(9-7-13)18(21)22/h1-9,14,19H,10-11H2,(H,17,20). The van der Waals surface area contributed by atoms with Gasteiger partial charge in [0, 0.05) is 17.7 Å². The van der Waals surface area contributed by atoms with Gasteiger partial charge in [0.25, 0.3) is 11.6 Å². The molecule has 0 aliphatic carbocycles. The van der Waals surface area contributed by atoms with Crippen LogP contribution in [0.25, 0.3) is 0 Å². The second kappa shape index (κ2) is 7.33. The summed E-state index contributed by atoms with van der Waals surface area (Å²) in [5.41, 5.74) is 1.25. The molecule has 2 N–H and O–H groups in total. The van der Waals surface area contributed by atoms with Crippen LogP contribution in [-0.4, -0.2) is 28.6 Å². The van der Waals surface area contributed by atoms with Gasteiger partial charge in [-0.2, -0.15) is 0 Å². The molecule has 2 aromatic carbocycles. The van der Waals surface area contributed by atoms with E-state index >= 15 is 0 Å². The number of nitro benzene ring substituents is 1. The number of nitro groups is 1. The average Bonchev–Trinajstić information content (AvgIpc) is 2.55. The minimum absolute atomic E-state index is 0.0699. The van der Waals surface area contributed by atoms with Gasteiger partial charge in [-0.15, -0.1) is 0 Å². The van der Waals surface area contributed by atoms with E-state index in [4.69, 9.17) is 0 Å². The molecule has 114 valence electrons. The van der Waals surface area contributed by atoms with Crippen LogP contribution >= 0.6 is 0 Å². The first-order chi connectivity index (χ1) is 10.6. The van der Waals surface area contributed by atoms with Gasteiger partial charge in [0.1, 0.15) is 0 Å². The van der Waals surface area contributed by atoms with Gasteiger partial charge in [0.2, 0.25) is 0 Å². The molecule has 22 heavy (non-hydrogen) atoms. The Bertz CT molecular complexity index is 641. The molecule has 2 rings (SSSR count). The van der Waals surface area contributed by atoms with Crippen molar-refractivity contribution in [2.75, 3.05) is 6.61 Å². The minimum atomic E-state index is -0.520. The molecule has 0 spiro atoms. The van der Waals surface area contributed by atoms with Gasteiger partial charge < -0.3 is 10.4 Å². The van der Waals surface area contributed by atoms with Crippen LogP contribution in [0.2, 0.25) is 0 Å². The van der Waals surface area contributed by atoms with Gasteiger partial charge in [-0.1, -0.05) is 30.3 Å². The zero-order chi connectivity index (χ0) is 15.9. The summed E-state index contributed by atoms with van der Waals surface area (Å²) in [6.07, 6.45) is 0.510. The Labute approximate surface area is 127 Å². The molecular formula is C16H16N2O4. The third-order valence-electron chi connectivity index (χ3n) is 3.22. The number of aliphatic hydroxyl groups excluding tert-OH is 1. The van der Waals surface area contributed by atoms with E-state index in [2.05, 4.69) is 5.32 Å². The molecule has 1 atom stereocenters. The summed E-state index contributed by atoms with van der Waals surface area (Å²) < 4.78 is 0. The number of rotatable bonds is 6. The van der Waals surface area contributed by atoms with Crippen molar-refractivity contribution < 1.29 is 14.8 Å². The molecule has 6 heteroatoms. The number of hydrogen-bond acceptors (Lipinski definition) is 4. The van der Waals surface area contributed by atoms with E-state index in [1.165, 1.54) is 24.3 Å². The van der Waals surface area contributed by atoms with Crippen LogP contribution < -0.4 is 5.32 Å². The van der Waals surface area contributed by atoms with E-state index in [1.54, 1.807) is 0 Å². The third-order valence-corrected chi connectivity index (χ3v) is 3.22. The first-order valence-corrected chi connectivity index (χ1v) is 6.80. The maximum Gasteiger partial charge on any atom is 0.269 e. The van der Waals surface area contributed by atoms with Crippen LogP contribution in [0.15, 0.2) is 54.6 Å². The van der Waals surface area contributed by atoms with Crippen molar-refractivity contribution in [3.63, 3.8) is 0 Å². The molecular weight excluding hydrogens is 284 g/mol. The van der Waals surface area contributed by atoms with Crippen molar-refractivity contribution in [2.24, 2.45) is 0 Å². The van der Waals surface area contributed by atoms with E-state index in [0.717, 1.165) is 5.56 Å². The highest BCUT2D eigenvalue weighted by Crippen LogP contribution is 2.12. The monoisotopic (exact) mass is 300 g/mol. The number of aliphatic hydroxyl groups is 1. The molecule has 0 radical (unpaired) electrons. The fourth-order valence-corrected chi connectivity index (χ4v) is 2.06. The molecule has 1 amide bonds. The number of hydrogen-bond donors (Lipinski definition) is 2. The van der Waals surface area contributed by atoms with Crippen LogP contribution in [0.3, 0.4) is 0 Å². The van der Waals surface area contributed by atoms with Crippen molar-refractivity contribution in [3.05, 3.63) is 75.8 Å². The van der Waals surface area contributed by atoms with Crippen molar-refractivity contribution in [1.29, 1.82) is 0 Å². The number of nitrogens with one attached hydrogen (secondary N) is 1. The Kier molecular flexibility index (Phi) is 5.21. The number of amides is 1. The summed E-state index contributed by atoms with van der Waals surface area (Å²) >= 11 is 0. The highest BCUT2D eigenvalue weighted by atomic mass is 16.6. The summed E-state index contributed by atoms with van der Waals surface area (Å²) in [6.45, 7) is -0.187. The van der Waals surface area contributed by atoms with Crippen molar-refractivity contribution >= 4 is 11.6 Å². The number of benzene rings is 2. The summed E-state index contributed by atoms with van der Waals surface area (Å²) in [5, 5.41) is 22.7. The highest BCUT2D eigenvalue weighted by molar-refractivity contribution is 5.94. The van der Waals surface area contributed by atoms with E-state index in [1.807, 2.05) is 30.3 Å². The van der Waals surface area contributed by atoms with Crippen LogP contribution in [-0.2, 0) is 6.42 Å². The smallest absolute Gasteiger partial charge is 0.269 e. The molecule has 1 unspecified atom stereocenters. The summed E-state index contributed by atoms with van der Waals surface area (Å²) in [7, 11) is 0. The average molecular weight is 300 g/mol. The van der Waals surface area contributed by atoms with Crippen LogP contribution in [0, 0.1) is 10.1 Å². The van der Waals surface area contributed by atoms with Crippen LogP contribution in [0.1, 0.15) is 15.9 Å². The normalized spacial score (nSPS) is 11.7. The fraction of sp³-hybridized carbons (Fsp3) is 0.188. The maximum atomic E-state index is 12.1. The van der Waals surface area contributed by atoms with Crippen molar-refractivity contribution in [3.8, 4) is 0 Å². The summed E-state index contributed by atoms with van der Waals surface area (Å²) in [6, 6.07) is 14.4. The Morgan fingerprint density at radius 1 is 1.14 bits per heavy atom. The lowest BCUT2D eigenvalue weighted by molar-refractivity contribution is -0.384. The molecule has 0 heterocycles. The summed E-state index contributed by atoms with van der Waals surface area (Å²) in [4.78, 5) is 22.2. The molecule has 2 aromatic rings. The Balaban J connectivity index is 2.01. The predicted molar refractivity (Wildman–Crippen MR) is 81.6 cm³/mol. The minimum Gasteiger partial charge on any atom is -0.394 e. The zero-order valence-corrected chi connectivity index (χ0v) is 11.8. The Morgan fingerprint density at radius 2 is 1.77 bits per heavy atom. The molecule has 0 saturated heterocycles. The predicted octanol–water partition coefficient (Wildman–Crippen LogP) is 1.93. The topological polar surface area (TPSA) is 92.5 Å². The highest BCUT2D eigenvalue weighted by Gasteiger charge is 2.14. The molecule has 0 bridgehead atoms. The molecule has 0 fully saturated rings. The third kappa shape index (κ3) is 4.13. The van der Waals surface area contributed by atoms with E-state index < -0.39 is 11.0 Å². The molecule has 0 saturated carbocycles. The number of carbonyl (C=O) groups is 1. The molecule has 0 aromatic heterocycles. The van der Waals surface area contributed by atoms with Crippen LogP contribution in [0.5, 0.6) is 0 Å². The first kappa shape index (κ1) is 15.7. The van der Waals surface area contributed by atoms with Crippen molar-refractivity contribution in [2.45, 2.75) is 12.5 Å². The number of carbonyl (C=O) groups excluding carboxylic acids is 1. The quantitative estimate of drug-likeness (QED) is 0.629. The van der Waals surface area contributed by atoms with Gasteiger partial charge in [0.05, 0.1) is 17.6 Å². The van der Waals surface area contributed by atoms with E-state index in [0.29, 0.717) is 12.0 Å². The van der Waals surface area contributed by atoms with E-state index in [9.17, 15) is 20.0 Å². The molecule has 0 aliphatic heterocycles.